The second-order valence-electron chi connectivity index (χ2n) is 5.95. The molecule has 0 unspecified atom stereocenters. The number of aromatic nitrogens is 4. The van der Waals surface area contributed by atoms with Crippen LogP contribution in [0.25, 0.3) is 5.13 Å². The van der Waals surface area contributed by atoms with Gasteiger partial charge in [0.1, 0.15) is 5.76 Å². The van der Waals surface area contributed by atoms with Gasteiger partial charge in [-0.15, -0.1) is 21.5 Å². The summed E-state index contributed by atoms with van der Waals surface area (Å²) in [6.07, 6.45) is 3.40. The molecule has 0 aliphatic heterocycles. The standard InChI is InChI=1S/C18H17N5O2S3/c1-11-8-14(12(2)23(11)17-19-5-7-26-17)15(24)10-27-18-22-21-16(28-18)20-9-13-4-3-6-25-13/h3-8H,9-10H2,1-2H3,(H,20,21). The first-order valence-corrected chi connectivity index (χ1v) is 11.1. The van der Waals surface area contributed by atoms with Gasteiger partial charge in [-0.2, -0.15) is 0 Å². The third-order valence-electron chi connectivity index (χ3n) is 4.07. The summed E-state index contributed by atoms with van der Waals surface area (Å²) in [7, 11) is 0. The minimum absolute atomic E-state index is 0.0706. The van der Waals surface area contributed by atoms with Crippen LogP contribution in [0, 0.1) is 13.8 Å². The Balaban J connectivity index is 1.38. The maximum absolute atomic E-state index is 12.7. The monoisotopic (exact) mass is 431 g/mol. The molecule has 0 amide bonds. The summed E-state index contributed by atoms with van der Waals surface area (Å²) < 4.78 is 8.05. The fraction of sp³-hybridized carbons (Fsp3) is 0.222. The molecule has 0 aromatic carbocycles. The predicted molar refractivity (Wildman–Crippen MR) is 112 cm³/mol. The van der Waals surface area contributed by atoms with E-state index in [0.29, 0.717) is 17.4 Å². The van der Waals surface area contributed by atoms with Crippen molar-refractivity contribution in [2.45, 2.75) is 24.7 Å². The minimum Gasteiger partial charge on any atom is -0.467 e. The molecule has 0 spiro atoms. The molecular weight excluding hydrogens is 414 g/mol. The van der Waals surface area contributed by atoms with Crippen molar-refractivity contribution in [2.75, 3.05) is 11.1 Å². The van der Waals surface area contributed by atoms with Crippen molar-refractivity contribution in [3.8, 4) is 5.13 Å². The number of rotatable bonds is 8. The maximum atomic E-state index is 12.7. The molecule has 0 bridgehead atoms. The van der Waals surface area contributed by atoms with Gasteiger partial charge in [0.15, 0.2) is 15.3 Å². The number of ketones is 1. The van der Waals surface area contributed by atoms with E-state index in [0.717, 1.165) is 32.2 Å². The van der Waals surface area contributed by atoms with Crippen LogP contribution in [0.1, 0.15) is 27.5 Å². The molecular formula is C18H17N5O2S3. The zero-order chi connectivity index (χ0) is 19.5. The van der Waals surface area contributed by atoms with E-state index in [1.165, 1.54) is 23.1 Å². The van der Waals surface area contributed by atoms with Crippen LogP contribution in [0.5, 0.6) is 0 Å². The second-order valence-corrected chi connectivity index (χ2v) is 9.03. The molecule has 0 radical (unpaired) electrons. The van der Waals surface area contributed by atoms with E-state index in [-0.39, 0.29) is 5.78 Å². The molecule has 0 saturated heterocycles. The Hall–Kier alpha value is -2.43. The van der Waals surface area contributed by atoms with Gasteiger partial charge in [-0.05, 0) is 32.0 Å². The van der Waals surface area contributed by atoms with Crippen molar-refractivity contribution in [2.24, 2.45) is 0 Å². The quantitative estimate of drug-likeness (QED) is 0.323. The summed E-state index contributed by atoms with van der Waals surface area (Å²) in [6, 6.07) is 5.66. The van der Waals surface area contributed by atoms with E-state index < -0.39 is 0 Å². The lowest BCUT2D eigenvalue weighted by Gasteiger charge is -2.05. The van der Waals surface area contributed by atoms with E-state index in [4.69, 9.17) is 4.42 Å². The van der Waals surface area contributed by atoms with E-state index in [1.807, 2.05) is 42.0 Å². The van der Waals surface area contributed by atoms with Crippen LogP contribution < -0.4 is 5.32 Å². The smallest absolute Gasteiger partial charge is 0.206 e. The molecule has 0 saturated carbocycles. The Morgan fingerprint density at radius 3 is 3.00 bits per heavy atom. The lowest BCUT2D eigenvalue weighted by molar-refractivity contribution is 0.102. The summed E-state index contributed by atoms with van der Waals surface area (Å²) in [5.74, 6) is 1.21. The molecule has 0 aliphatic carbocycles. The van der Waals surface area contributed by atoms with Crippen molar-refractivity contribution in [3.05, 3.63) is 58.8 Å². The normalized spacial score (nSPS) is 11.1. The number of Topliss-reactive ketones (excluding diaryl/α,β-unsaturated/α-hetero) is 1. The van der Waals surface area contributed by atoms with E-state index >= 15 is 0 Å². The van der Waals surface area contributed by atoms with Crippen LogP contribution in [0.2, 0.25) is 0 Å². The van der Waals surface area contributed by atoms with Crippen molar-refractivity contribution in [1.82, 2.24) is 19.7 Å². The number of hydrogen-bond acceptors (Lipinski definition) is 9. The van der Waals surface area contributed by atoms with E-state index in [9.17, 15) is 4.79 Å². The molecule has 4 aromatic rings. The van der Waals surface area contributed by atoms with Gasteiger partial charge in [0, 0.05) is 28.5 Å². The van der Waals surface area contributed by atoms with Crippen LogP contribution in [0.15, 0.2) is 44.8 Å². The first-order valence-electron chi connectivity index (χ1n) is 8.46. The molecule has 4 heterocycles. The topological polar surface area (TPSA) is 85.8 Å². The summed E-state index contributed by atoms with van der Waals surface area (Å²) in [6.45, 7) is 4.49. The number of aryl methyl sites for hydroxylation is 1. The fourth-order valence-electron chi connectivity index (χ4n) is 2.79. The van der Waals surface area contributed by atoms with Crippen LogP contribution in [0.3, 0.4) is 0 Å². The number of thiazole rings is 1. The SMILES string of the molecule is Cc1cc(C(=O)CSc2nnc(NCc3ccco3)s2)c(C)n1-c1nccs1. The average molecular weight is 432 g/mol. The van der Waals surface area contributed by atoms with Gasteiger partial charge in [0.2, 0.25) is 5.13 Å². The summed E-state index contributed by atoms with van der Waals surface area (Å²) in [4.78, 5) is 17.1. The highest BCUT2D eigenvalue weighted by molar-refractivity contribution is 8.01. The molecule has 1 N–H and O–H groups in total. The highest BCUT2D eigenvalue weighted by atomic mass is 32.2. The number of carbonyl (C=O) groups is 1. The zero-order valence-corrected chi connectivity index (χ0v) is 17.7. The first-order chi connectivity index (χ1) is 13.6. The van der Waals surface area contributed by atoms with E-state index in [1.54, 1.807) is 23.8 Å². The zero-order valence-electron chi connectivity index (χ0n) is 15.2. The van der Waals surface area contributed by atoms with Crippen LogP contribution in [0.4, 0.5) is 5.13 Å². The number of hydrogen-bond donors (Lipinski definition) is 1. The second kappa shape index (κ2) is 8.29. The first kappa shape index (κ1) is 18.9. The highest BCUT2D eigenvalue weighted by Gasteiger charge is 2.18. The number of nitrogens with one attached hydrogen (secondary N) is 1. The lowest BCUT2D eigenvalue weighted by Crippen LogP contribution is -2.05. The molecule has 28 heavy (non-hydrogen) atoms. The molecule has 4 rings (SSSR count). The number of anilines is 1. The molecule has 144 valence electrons. The molecule has 4 aromatic heterocycles. The van der Waals surface area contributed by atoms with Gasteiger partial charge >= 0.3 is 0 Å². The Labute approximate surface area is 173 Å². The molecule has 7 nitrogen and oxygen atoms in total. The van der Waals surface area contributed by atoms with Gasteiger partial charge in [0.25, 0.3) is 0 Å². The van der Waals surface area contributed by atoms with Crippen LogP contribution in [-0.2, 0) is 6.54 Å². The third kappa shape index (κ3) is 4.03. The van der Waals surface area contributed by atoms with Gasteiger partial charge in [0.05, 0.1) is 18.6 Å². The number of carbonyl (C=O) groups excluding carboxylic acids is 1. The highest BCUT2D eigenvalue weighted by Crippen LogP contribution is 2.28. The molecule has 10 heteroatoms. The van der Waals surface area contributed by atoms with Crippen molar-refractivity contribution in [3.63, 3.8) is 0 Å². The van der Waals surface area contributed by atoms with Crippen molar-refractivity contribution in [1.29, 1.82) is 0 Å². The summed E-state index contributed by atoms with van der Waals surface area (Å²) in [5, 5.41) is 14.9. The summed E-state index contributed by atoms with van der Waals surface area (Å²) in [5.41, 5.74) is 2.64. The molecule has 0 fully saturated rings. The van der Waals surface area contributed by atoms with Crippen LogP contribution >= 0.6 is 34.4 Å². The molecule has 0 aliphatic rings. The van der Waals surface area contributed by atoms with E-state index in [2.05, 4.69) is 20.5 Å². The van der Waals surface area contributed by atoms with Crippen LogP contribution in [-0.4, -0.2) is 31.3 Å². The number of nitrogens with zero attached hydrogens (tertiary/aromatic N) is 4. The van der Waals surface area contributed by atoms with Gasteiger partial charge in [-0.1, -0.05) is 23.1 Å². The van der Waals surface area contributed by atoms with Crippen molar-refractivity contribution >= 4 is 45.4 Å². The third-order valence-corrected chi connectivity index (χ3v) is 6.84. The summed E-state index contributed by atoms with van der Waals surface area (Å²) >= 11 is 4.37. The average Bonchev–Trinajstić information content (AvgIpc) is 3.46. The number of furan rings is 1. The lowest BCUT2D eigenvalue weighted by atomic mass is 10.2. The Morgan fingerprint density at radius 1 is 1.36 bits per heavy atom. The Morgan fingerprint density at radius 2 is 2.25 bits per heavy atom. The predicted octanol–water partition coefficient (Wildman–Crippen LogP) is 4.58. The van der Waals surface area contributed by atoms with Crippen molar-refractivity contribution < 1.29 is 9.21 Å². The van der Waals surface area contributed by atoms with Gasteiger partial charge in [-0.3, -0.25) is 9.36 Å². The Kier molecular flexibility index (Phi) is 5.60. The van der Waals surface area contributed by atoms with Gasteiger partial charge < -0.3 is 9.73 Å². The molecule has 0 atom stereocenters. The maximum Gasteiger partial charge on any atom is 0.206 e. The minimum atomic E-state index is 0.0706. The number of thioether (sulfide) groups is 1. The van der Waals surface area contributed by atoms with Gasteiger partial charge in [-0.25, -0.2) is 4.98 Å². The largest absolute Gasteiger partial charge is 0.467 e. The fourth-order valence-corrected chi connectivity index (χ4v) is 5.17. The Bertz CT molecular complexity index is 1070.